The van der Waals surface area contributed by atoms with Crippen molar-refractivity contribution in [3.05, 3.63) is 76.8 Å². The van der Waals surface area contributed by atoms with E-state index in [4.69, 9.17) is 17.3 Å². The van der Waals surface area contributed by atoms with Crippen molar-refractivity contribution in [2.75, 3.05) is 5.73 Å². The van der Waals surface area contributed by atoms with E-state index in [9.17, 15) is 13.6 Å². The van der Waals surface area contributed by atoms with Gasteiger partial charge < -0.3 is 10.3 Å². The van der Waals surface area contributed by atoms with Crippen molar-refractivity contribution >= 4 is 45.4 Å². The molecule has 138 valence electrons. The van der Waals surface area contributed by atoms with Gasteiger partial charge >= 0.3 is 0 Å². The number of nitrogens with zero attached hydrogens (tertiary/aromatic N) is 1. The molecule has 0 amide bonds. The zero-order valence-electron chi connectivity index (χ0n) is 14.5. The minimum absolute atomic E-state index is 0.0131. The molecule has 3 aromatic carbocycles. The van der Waals surface area contributed by atoms with Gasteiger partial charge in [0.15, 0.2) is 0 Å². The number of benzene rings is 3. The van der Waals surface area contributed by atoms with Crippen LogP contribution in [0.5, 0.6) is 0 Å². The third kappa shape index (κ3) is 3.51. The minimum atomic E-state index is -0.470. The highest BCUT2D eigenvalue weighted by Crippen LogP contribution is 2.31. The Balaban J connectivity index is 0.000000197. The number of hydrogen-bond donors (Lipinski definition) is 1. The van der Waals surface area contributed by atoms with Gasteiger partial charge in [-0.25, -0.2) is 8.78 Å². The number of hydrogen-bond acceptors (Lipinski definition) is 2. The van der Waals surface area contributed by atoms with Gasteiger partial charge in [-0.2, -0.15) is 0 Å². The number of carbonyl (C=O) groups is 1. The third-order valence-corrected chi connectivity index (χ3v) is 4.64. The van der Waals surface area contributed by atoms with Crippen LogP contribution in [0.15, 0.2) is 54.6 Å². The molecule has 0 aliphatic rings. The number of anilines is 1. The number of aromatic nitrogens is 1. The average molecular weight is 387 g/mol. The third-order valence-electron chi connectivity index (χ3n) is 4.31. The lowest BCUT2D eigenvalue weighted by Crippen LogP contribution is -1.95. The second-order valence-electron chi connectivity index (χ2n) is 5.91. The molecule has 0 bridgehead atoms. The summed E-state index contributed by atoms with van der Waals surface area (Å²) in [5, 5.41) is 2.04. The van der Waals surface area contributed by atoms with Crippen molar-refractivity contribution in [2.45, 2.75) is 13.5 Å². The van der Waals surface area contributed by atoms with E-state index in [2.05, 4.69) is 0 Å². The summed E-state index contributed by atoms with van der Waals surface area (Å²) < 4.78 is 28.3. The molecular weight excluding hydrogens is 370 g/mol. The Labute approximate surface area is 160 Å². The first-order valence-electron chi connectivity index (χ1n) is 8.33. The number of halogens is 3. The minimum Gasteiger partial charge on any atom is -0.395 e. The Hall–Kier alpha value is -2.92. The lowest BCUT2D eigenvalue weighted by molar-refractivity contribution is 0.112. The van der Waals surface area contributed by atoms with Gasteiger partial charge in [0.25, 0.3) is 0 Å². The van der Waals surface area contributed by atoms with Crippen molar-refractivity contribution in [1.82, 2.24) is 4.57 Å². The number of carbonyl (C=O) groups excluding carboxylic acids is 1. The Bertz CT molecular complexity index is 1120. The molecule has 1 aromatic heterocycles. The van der Waals surface area contributed by atoms with E-state index in [0.29, 0.717) is 17.6 Å². The highest BCUT2D eigenvalue weighted by atomic mass is 35.5. The van der Waals surface area contributed by atoms with Crippen LogP contribution in [0.1, 0.15) is 17.3 Å². The van der Waals surface area contributed by atoms with Crippen LogP contribution < -0.4 is 5.73 Å². The van der Waals surface area contributed by atoms with Crippen LogP contribution in [-0.2, 0) is 6.54 Å². The lowest BCUT2D eigenvalue weighted by Gasteiger charge is -2.03. The maximum atomic E-state index is 14.0. The molecule has 4 aromatic rings. The van der Waals surface area contributed by atoms with Crippen molar-refractivity contribution in [1.29, 1.82) is 0 Å². The molecule has 0 saturated heterocycles. The van der Waals surface area contributed by atoms with Crippen molar-refractivity contribution in [2.24, 2.45) is 0 Å². The van der Waals surface area contributed by atoms with Crippen molar-refractivity contribution < 1.29 is 13.6 Å². The second-order valence-corrected chi connectivity index (χ2v) is 6.32. The summed E-state index contributed by atoms with van der Waals surface area (Å²) in [4.78, 5) is 10.8. The van der Waals surface area contributed by atoms with E-state index < -0.39 is 5.82 Å². The number of aryl methyl sites for hydroxylation is 1. The Kier molecular flexibility index (Phi) is 5.42. The van der Waals surface area contributed by atoms with Gasteiger partial charge in [0.05, 0.1) is 16.2 Å². The van der Waals surface area contributed by atoms with E-state index >= 15 is 0 Å². The molecule has 0 radical (unpaired) electrons. The molecule has 0 unspecified atom stereocenters. The van der Waals surface area contributed by atoms with Crippen LogP contribution in [0.4, 0.5) is 14.5 Å². The van der Waals surface area contributed by atoms with E-state index in [1.165, 1.54) is 18.2 Å². The first kappa shape index (κ1) is 18.9. The average Bonchev–Trinajstić information content (AvgIpc) is 3.00. The van der Waals surface area contributed by atoms with Gasteiger partial charge in [0, 0.05) is 28.4 Å². The van der Waals surface area contributed by atoms with Crippen LogP contribution in [0, 0.1) is 11.6 Å². The molecule has 27 heavy (non-hydrogen) atoms. The molecule has 2 N–H and O–H groups in total. The fraction of sp³-hybridized carbons (Fsp3) is 0.0952. The van der Waals surface area contributed by atoms with Crippen molar-refractivity contribution in [3.8, 4) is 0 Å². The van der Waals surface area contributed by atoms with Crippen molar-refractivity contribution in [3.63, 3.8) is 0 Å². The molecule has 0 aliphatic heterocycles. The topological polar surface area (TPSA) is 48.0 Å². The van der Waals surface area contributed by atoms with Gasteiger partial charge in [0.1, 0.15) is 17.9 Å². The SMILES string of the molecule is CCn1c2ccc(C=O)cc2c2cccc(F)c21.Nc1c(F)cccc1Cl. The van der Waals surface area contributed by atoms with Crippen LogP contribution in [0.25, 0.3) is 21.8 Å². The number of para-hydroxylation sites is 2. The summed E-state index contributed by atoms with van der Waals surface area (Å²) in [5.74, 6) is -0.694. The predicted octanol–water partition coefficient (Wildman–Crippen LogP) is 5.83. The summed E-state index contributed by atoms with van der Waals surface area (Å²) in [6, 6.07) is 14.8. The normalized spacial score (nSPS) is 10.7. The van der Waals surface area contributed by atoms with E-state index in [-0.39, 0.29) is 16.5 Å². The molecule has 4 rings (SSSR count). The molecule has 0 fully saturated rings. The molecule has 3 nitrogen and oxygen atoms in total. The maximum absolute atomic E-state index is 14.0. The summed E-state index contributed by atoms with van der Waals surface area (Å²) >= 11 is 5.45. The quantitative estimate of drug-likeness (QED) is 0.348. The standard InChI is InChI=1S/C15H12FNO.C6H5ClFN/c1-2-17-14-7-6-10(9-18)8-12(14)11-4-3-5-13(16)15(11)17;7-4-2-1-3-5(8)6(4)9/h3-9H,2H2,1H3;1-3H,9H2. The monoisotopic (exact) mass is 386 g/mol. The lowest BCUT2D eigenvalue weighted by atomic mass is 10.1. The summed E-state index contributed by atoms with van der Waals surface area (Å²) in [6.07, 6.45) is 0.813. The first-order valence-corrected chi connectivity index (χ1v) is 8.70. The largest absolute Gasteiger partial charge is 0.395 e. The van der Waals surface area contributed by atoms with Gasteiger partial charge in [0.2, 0.25) is 0 Å². The Morgan fingerprint density at radius 2 is 1.74 bits per heavy atom. The predicted molar refractivity (Wildman–Crippen MR) is 106 cm³/mol. The van der Waals surface area contributed by atoms with Gasteiger partial charge in [-0.1, -0.05) is 29.8 Å². The number of nitrogen functional groups attached to an aromatic ring is 1. The smallest absolute Gasteiger partial charge is 0.150 e. The molecule has 1 heterocycles. The molecular formula is C21H17ClF2N2O. The molecule has 0 aliphatic carbocycles. The number of fused-ring (bicyclic) bond motifs is 3. The van der Waals surface area contributed by atoms with Gasteiger partial charge in [-0.05, 0) is 43.3 Å². The Morgan fingerprint density at radius 1 is 1.04 bits per heavy atom. The summed E-state index contributed by atoms with van der Waals surface area (Å²) in [7, 11) is 0. The number of nitrogens with two attached hydrogens (primary N) is 1. The summed E-state index contributed by atoms with van der Waals surface area (Å²) in [5.41, 5.74) is 7.37. The number of rotatable bonds is 2. The van der Waals surface area contributed by atoms with Crippen LogP contribution in [0.3, 0.4) is 0 Å². The van der Waals surface area contributed by atoms with E-state index in [0.717, 1.165) is 22.6 Å². The molecule has 0 atom stereocenters. The van der Waals surface area contributed by atoms with E-state index in [1.807, 2.05) is 29.7 Å². The van der Waals surface area contributed by atoms with Gasteiger partial charge in [-0.15, -0.1) is 0 Å². The molecule has 6 heteroatoms. The number of aldehydes is 1. The maximum Gasteiger partial charge on any atom is 0.150 e. The highest BCUT2D eigenvalue weighted by molar-refractivity contribution is 6.33. The second kappa shape index (κ2) is 7.76. The molecule has 0 saturated carbocycles. The summed E-state index contributed by atoms with van der Waals surface area (Å²) in [6.45, 7) is 2.68. The Morgan fingerprint density at radius 3 is 2.37 bits per heavy atom. The zero-order chi connectivity index (χ0) is 19.6. The fourth-order valence-corrected chi connectivity index (χ4v) is 3.21. The molecule has 0 spiro atoms. The van der Waals surface area contributed by atoms with Crippen LogP contribution >= 0.6 is 11.6 Å². The fourth-order valence-electron chi connectivity index (χ4n) is 3.04. The highest BCUT2D eigenvalue weighted by Gasteiger charge is 2.13. The van der Waals surface area contributed by atoms with Gasteiger partial charge in [-0.3, -0.25) is 4.79 Å². The van der Waals surface area contributed by atoms with Crippen LogP contribution in [0.2, 0.25) is 5.02 Å². The first-order chi connectivity index (χ1) is 13.0. The zero-order valence-corrected chi connectivity index (χ0v) is 15.3. The van der Waals surface area contributed by atoms with Crippen LogP contribution in [-0.4, -0.2) is 10.9 Å². The van der Waals surface area contributed by atoms with E-state index in [1.54, 1.807) is 18.2 Å².